The van der Waals surface area contributed by atoms with Crippen LogP contribution >= 0.6 is 0 Å². The van der Waals surface area contributed by atoms with Gasteiger partial charge in [-0.1, -0.05) is 65.2 Å². The van der Waals surface area contributed by atoms with E-state index in [1.807, 2.05) is 0 Å². The molecule has 1 unspecified atom stereocenters. The smallest absolute Gasteiger partial charge is 0.326 e. The number of unbranched alkanes of at least 4 members (excludes halogenated alkanes) is 7. The summed E-state index contributed by atoms with van der Waals surface area (Å²) in [6.07, 6.45) is 8.65. The topological polar surface area (TPSA) is 80.7 Å². The van der Waals surface area contributed by atoms with Gasteiger partial charge in [0.15, 0.2) is 5.25 Å². The fourth-order valence-electron chi connectivity index (χ4n) is 2.12. The molecule has 0 aliphatic heterocycles. The van der Waals surface area contributed by atoms with Crippen molar-refractivity contribution in [3.63, 3.8) is 0 Å². The van der Waals surface area contributed by atoms with E-state index < -0.39 is 21.3 Å². The average molecular weight is 322 g/mol. The second-order valence-electron chi connectivity index (χ2n) is 5.43. The third kappa shape index (κ3) is 10.7. The monoisotopic (exact) mass is 322 g/mol. The summed E-state index contributed by atoms with van der Waals surface area (Å²) in [4.78, 5) is 11.8. The van der Waals surface area contributed by atoms with Gasteiger partial charge in [-0.25, -0.2) is 0 Å². The third-order valence-corrected chi connectivity index (χ3v) is 4.58. The number of carbonyl (C=O) groups is 1. The van der Waals surface area contributed by atoms with Gasteiger partial charge in [0.1, 0.15) is 0 Å². The molecule has 0 aromatic carbocycles. The van der Waals surface area contributed by atoms with Crippen molar-refractivity contribution in [2.45, 2.75) is 83.3 Å². The molecule has 0 bridgehead atoms. The van der Waals surface area contributed by atoms with Gasteiger partial charge in [0, 0.05) is 0 Å². The zero-order valence-electron chi connectivity index (χ0n) is 13.3. The Balaban J connectivity index is 4.13. The average Bonchev–Trinajstić information content (AvgIpc) is 2.41. The van der Waals surface area contributed by atoms with Crippen LogP contribution in [0.5, 0.6) is 0 Å². The van der Waals surface area contributed by atoms with Crippen molar-refractivity contribution in [2.75, 3.05) is 6.61 Å². The van der Waals surface area contributed by atoms with Gasteiger partial charge in [0.2, 0.25) is 0 Å². The molecule has 0 radical (unpaired) electrons. The van der Waals surface area contributed by atoms with Crippen LogP contribution in [-0.2, 0) is 19.6 Å². The van der Waals surface area contributed by atoms with E-state index in [0.717, 1.165) is 51.4 Å². The number of ether oxygens (including phenoxy) is 1. The van der Waals surface area contributed by atoms with Gasteiger partial charge in [-0.15, -0.1) is 0 Å². The second kappa shape index (κ2) is 12.0. The van der Waals surface area contributed by atoms with Gasteiger partial charge >= 0.3 is 5.97 Å². The minimum absolute atomic E-state index is 0.135. The maximum atomic E-state index is 11.8. The number of hydrogen-bond donors (Lipinski definition) is 1. The van der Waals surface area contributed by atoms with Gasteiger partial charge in [-0.3, -0.25) is 9.35 Å². The second-order valence-corrected chi connectivity index (χ2v) is 7.03. The fourth-order valence-corrected chi connectivity index (χ4v) is 2.89. The van der Waals surface area contributed by atoms with Crippen LogP contribution in [0.2, 0.25) is 0 Å². The van der Waals surface area contributed by atoms with Crippen LogP contribution in [0.4, 0.5) is 0 Å². The zero-order valence-corrected chi connectivity index (χ0v) is 14.2. The van der Waals surface area contributed by atoms with Crippen LogP contribution in [0, 0.1) is 0 Å². The molecule has 1 N–H and O–H groups in total. The van der Waals surface area contributed by atoms with Crippen molar-refractivity contribution in [2.24, 2.45) is 0 Å². The lowest BCUT2D eigenvalue weighted by atomic mass is 10.1. The molecule has 0 heterocycles. The van der Waals surface area contributed by atoms with Crippen LogP contribution in [0.3, 0.4) is 0 Å². The highest BCUT2D eigenvalue weighted by molar-refractivity contribution is 7.87. The highest BCUT2D eigenvalue weighted by Crippen LogP contribution is 2.14. The Bertz CT molecular complexity index is 364. The standard InChI is InChI=1S/C15H30O5S/c1-3-5-7-9-10-12-14(21(17,18)19)15(16)20-13-11-8-6-4-2/h14H,3-13H2,1-2H3,(H,17,18,19). The maximum absolute atomic E-state index is 11.8. The van der Waals surface area contributed by atoms with E-state index in [9.17, 15) is 13.2 Å². The van der Waals surface area contributed by atoms with Crippen LogP contribution in [0.25, 0.3) is 0 Å². The maximum Gasteiger partial charge on any atom is 0.326 e. The van der Waals surface area contributed by atoms with Crippen molar-refractivity contribution < 1.29 is 22.5 Å². The molecule has 21 heavy (non-hydrogen) atoms. The summed E-state index contributed by atoms with van der Waals surface area (Å²) in [7, 11) is -4.38. The zero-order chi connectivity index (χ0) is 16.1. The van der Waals surface area contributed by atoms with E-state index in [4.69, 9.17) is 9.29 Å². The quantitative estimate of drug-likeness (QED) is 0.317. The first kappa shape index (κ1) is 20.4. The summed E-state index contributed by atoms with van der Waals surface area (Å²) in [6, 6.07) is 0. The molecule has 0 spiro atoms. The van der Waals surface area contributed by atoms with Crippen molar-refractivity contribution in [1.82, 2.24) is 0 Å². The predicted octanol–water partition coefficient (Wildman–Crippen LogP) is 3.73. The summed E-state index contributed by atoms with van der Waals surface area (Å²) in [5.41, 5.74) is 0. The van der Waals surface area contributed by atoms with Gasteiger partial charge in [-0.05, 0) is 12.8 Å². The lowest BCUT2D eigenvalue weighted by Crippen LogP contribution is -2.32. The SMILES string of the molecule is CCCCCCCC(C(=O)OCCCCCC)S(=O)(=O)O. The van der Waals surface area contributed by atoms with E-state index in [-0.39, 0.29) is 13.0 Å². The van der Waals surface area contributed by atoms with Gasteiger partial charge in [0.05, 0.1) is 6.61 Å². The van der Waals surface area contributed by atoms with Crippen molar-refractivity contribution in [1.29, 1.82) is 0 Å². The number of esters is 1. The minimum atomic E-state index is -4.38. The highest BCUT2D eigenvalue weighted by Gasteiger charge is 2.31. The summed E-state index contributed by atoms with van der Waals surface area (Å²) in [5.74, 6) is -0.815. The molecule has 0 aliphatic carbocycles. The van der Waals surface area contributed by atoms with Crippen LogP contribution in [0.15, 0.2) is 0 Å². The molecule has 0 aromatic rings. The molecule has 1 atom stereocenters. The normalized spacial score (nSPS) is 13.1. The van der Waals surface area contributed by atoms with Gasteiger partial charge in [0.25, 0.3) is 10.1 Å². The molecule has 0 aliphatic rings. The lowest BCUT2D eigenvalue weighted by Gasteiger charge is -2.13. The number of carbonyl (C=O) groups excluding carboxylic acids is 1. The highest BCUT2D eigenvalue weighted by atomic mass is 32.2. The molecule has 0 saturated carbocycles. The molecule has 5 nitrogen and oxygen atoms in total. The summed E-state index contributed by atoms with van der Waals surface area (Å²) < 4.78 is 36.7. The number of rotatable bonds is 13. The Morgan fingerprint density at radius 3 is 2.00 bits per heavy atom. The Labute approximate surface area is 129 Å². The Morgan fingerprint density at radius 2 is 1.48 bits per heavy atom. The molecule has 6 heteroatoms. The van der Waals surface area contributed by atoms with Gasteiger partial charge in [-0.2, -0.15) is 8.42 Å². The molecular formula is C15H30O5S. The largest absolute Gasteiger partial charge is 0.465 e. The molecule has 0 fully saturated rings. The first-order chi connectivity index (χ1) is 9.93. The minimum Gasteiger partial charge on any atom is -0.465 e. The fraction of sp³-hybridized carbons (Fsp3) is 0.933. The van der Waals surface area contributed by atoms with E-state index in [1.54, 1.807) is 0 Å². The Morgan fingerprint density at radius 1 is 0.952 bits per heavy atom. The van der Waals surface area contributed by atoms with E-state index >= 15 is 0 Å². The first-order valence-electron chi connectivity index (χ1n) is 8.06. The van der Waals surface area contributed by atoms with Crippen LogP contribution < -0.4 is 0 Å². The molecule has 0 aromatic heterocycles. The molecular weight excluding hydrogens is 292 g/mol. The molecule has 0 amide bonds. The first-order valence-corrected chi connectivity index (χ1v) is 9.56. The van der Waals surface area contributed by atoms with E-state index in [0.29, 0.717) is 6.42 Å². The van der Waals surface area contributed by atoms with E-state index in [1.165, 1.54) is 0 Å². The number of hydrogen-bond acceptors (Lipinski definition) is 4. The third-order valence-electron chi connectivity index (χ3n) is 3.43. The summed E-state index contributed by atoms with van der Waals surface area (Å²) in [6.45, 7) is 4.40. The predicted molar refractivity (Wildman–Crippen MR) is 83.8 cm³/mol. The van der Waals surface area contributed by atoms with E-state index in [2.05, 4.69) is 13.8 Å². The Hall–Kier alpha value is -0.620. The van der Waals surface area contributed by atoms with Crippen LogP contribution in [-0.4, -0.2) is 30.8 Å². The van der Waals surface area contributed by atoms with Crippen molar-refractivity contribution in [3.05, 3.63) is 0 Å². The van der Waals surface area contributed by atoms with Gasteiger partial charge < -0.3 is 4.74 Å². The summed E-state index contributed by atoms with van der Waals surface area (Å²) in [5, 5.41) is -1.43. The van der Waals surface area contributed by atoms with Crippen molar-refractivity contribution in [3.8, 4) is 0 Å². The molecule has 126 valence electrons. The Kier molecular flexibility index (Phi) is 11.6. The molecule has 0 rings (SSSR count). The molecule has 0 saturated heterocycles. The van der Waals surface area contributed by atoms with Crippen LogP contribution in [0.1, 0.15) is 78.1 Å². The summed E-state index contributed by atoms with van der Waals surface area (Å²) >= 11 is 0. The van der Waals surface area contributed by atoms with Crippen molar-refractivity contribution >= 4 is 16.1 Å². The lowest BCUT2D eigenvalue weighted by molar-refractivity contribution is -0.143.